The molecule has 1 saturated heterocycles. The summed E-state index contributed by atoms with van der Waals surface area (Å²) < 4.78 is 0. The Morgan fingerprint density at radius 3 is 2.86 bits per heavy atom. The Labute approximate surface area is 87.2 Å². The summed E-state index contributed by atoms with van der Waals surface area (Å²) in [6, 6.07) is 5.50. The van der Waals surface area contributed by atoms with E-state index in [0.717, 1.165) is 5.56 Å². The minimum Gasteiger partial charge on any atom is -0.272 e. The lowest BCUT2D eigenvalue weighted by Gasteiger charge is -2.17. The summed E-state index contributed by atoms with van der Waals surface area (Å²) in [5.74, 6) is -0.0406. The van der Waals surface area contributed by atoms with Gasteiger partial charge in [-0.2, -0.15) is 5.06 Å². The van der Waals surface area contributed by atoms with Crippen LogP contribution < -0.4 is 5.06 Å². The van der Waals surface area contributed by atoms with E-state index in [1.807, 2.05) is 19.1 Å². The molecule has 0 aromatic heterocycles. The van der Waals surface area contributed by atoms with Crippen molar-refractivity contribution < 1.29 is 9.63 Å². The van der Waals surface area contributed by atoms with Gasteiger partial charge in [0.2, 0.25) is 0 Å². The average Bonchev–Trinajstić information content (AvgIpc) is 2.52. The monoisotopic (exact) mass is 211 g/mol. The van der Waals surface area contributed by atoms with Gasteiger partial charge in [-0.05, 0) is 18.6 Å². The second-order valence-electron chi connectivity index (χ2n) is 3.18. The molecule has 1 fully saturated rings. The standard InChI is InChI=1S/C10H10ClNO2/c1-7-3-2-4-8(11)10(7)12-9(13)5-6-14-12/h2-4H,5-6H2,1H3. The van der Waals surface area contributed by atoms with Crippen LogP contribution in [0.5, 0.6) is 0 Å². The number of para-hydroxylation sites is 1. The molecule has 1 heterocycles. The van der Waals surface area contributed by atoms with E-state index >= 15 is 0 Å². The molecule has 0 spiro atoms. The first kappa shape index (κ1) is 9.49. The zero-order chi connectivity index (χ0) is 10.1. The summed E-state index contributed by atoms with van der Waals surface area (Å²) in [5.41, 5.74) is 1.60. The molecule has 0 atom stereocenters. The van der Waals surface area contributed by atoms with E-state index < -0.39 is 0 Å². The van der Waals surface area contributed by atoms with Crippen LogP contribution in [0.2, 0.25) is 5.02 Å². The number of carbonyl (C=O) groups excluding carboxylic acids is 1. The minimum absolute atomic E-state index is 0.0406. The van der Waals surface area contributed by atoms with E-state index in [1.165, 1.54) is 5.06 Å². The fraction of sp³-hybridized carbons (Fsp3) is 0.300. The number of hydrogen-bond donors (Lipinski definition) is 0. The van der Waals surface area contributed by atoms with Crippen molar-refractivity contribution in [1.29, 1.82) is 0 Å². The van der Waals surface area contributed by atoms with Crippen LogP contribution in [0.25, 0.3) is 0 Å². The van der Waals surface area contributed by atoms with E-state index in [-0.39, 0.29) is 5.91 Å². The highest BCUT2D eigenvalue weighted by molar-refractivity contribution is 6.34. The van der Waals surface area contributed by atoms with E-state index in [1.54, 1.807) is 6.07 Å². The first-order valence-electron chi connectivity index (χ1n) is 4.41. The molecule has 0 saturated carbocycles. The van der Waals surface area contributed by atoms with Crippen molar-refractivity contribution in [3.05, 3.63) is 28.8 Å². The van der Waals surface area contributed by atoms with Gasteiger partial charge in [-0.3, -0.25) is 9.63 Å². The van der Waals surface area contributed by atoms with Crippen molar-refractivity contribution in [2.45, 2.75) is 13.3 Å². The SMILES string of the molecule is Cc1cccc(Cl)c1N1OCCC1=O. The maximum atomic E-state index is 11.4. The Morgan fingerprint density at radius 1 is 1.50 bits per heavy atom. The molecule has 1 amide bonds. The quantitative estimate of drug-likeness (QED) is 0.714. The molecule has 1 aromatic carbocycles. The molecule has 0 N–H and O–H groups in total. The van der Waals surface area contributed by atoms with E-state index in [2.05, 4.69) is 0 Å². The zero-order valence-corrected chi connectivity index (χ0v) is 8.54. The van der Waals surface area contributed by atoms with Gasteiger partial charge in [0.05, 0.1) is 23.7 Å². The van der Waals surface area contributed by atoms with Gasteiger partial charge in [0.15, 0.2) is 0 Å². The predicted molar refractivity (Wildman–Crippen MR) is 54.2 cm³/mol. The number of anilines is 1. The smallest absolute Gasteiger partial charge is 0.253 e. The number of nitrogens with zero attached hydrogens (tertiary/aromatic N) is 1. The van der Waals surface area contributed by atoms with E-state index in [9.17, 15) is 4.79 Å². The first-order chi connectivity index (χ1) is 6.70. The van der Waals surface area contributed by atoms with Crippen molar-refractivity contribution in [3.63, 3.8) is 0 Å². The number of rotatable bonds is 1. The summed E-state index contributed by atoms with van der Waals surface area (Å²) in [6.07, 6.45) is 0.421. The minimum atomic E-state index is -0.0406. The van der Waals surface area contributed by atoms with Gasteiger partial charge in [-0.15, -0.1) is 0 Å². The van der Waals surface area contributed by atoms with Gasteiger partial charge in [-0.25, -0.2) is 0 Å². The van der Waals surface area contributed by atoms with Gasteiger partial charge in [0, 0.05) is 0 Å². The average molecular weight is 212 g/mol. The van der Waals surface area contributed by atoms with Crippen LogP contribution in [-0.2, 0) is 9.63 Å². The van der Waals surface area contributed by atoms with Crippen molar-refractivity contribution in [2.75, 3.05) is 11.7 Å². The summed E-state index contributed by atoms with van der Waals surface area (Å²) in [6.45, 7) is 2.33. The fourth-order valence-electron chi connectivity index (χ4n) is 1.47. The topological polar surface area (TPSA) is 29.5 Å². The highest BCUT2D eigenvalue weighted by atomic mass is 35.5. The Balaban J connectivity index is 2.44. The number of halogens is 1. The van der Waals surface area contributed by atoms with Crippen LogP contribution >= 0.6 is 11.6 Å². The summed E-state index contributed by atoms with van der Waals surface area (Å²) in [5, 5.41) is 1.83. The molecule has 2 rings (SSSR count). The van der Waals surface area contributed by atoms with Crippen molar-refractivity contribution >= 4 is 23.2 Å². The molecule has 74 valence electrons. The molecule has 0 radical (unpaired) electrons. The molecule has 1 aromatic rings. The van der Waals surface area contributed by atoms with Crippen LogP contribution in [0.4, 0.5) is 5.69 Å². The van der Waals surface area contributed by atoms with Crippen molar-refractivity contribution in [2.24, 2.45) is 0 Å². The third-order valence-corrected chi connectivity index (χ3v) is 2.46. The Morgan fingerprint density at radius 2 is 2.29 bits per heavy atom. The lowest BCUT2D eigenvalue weighted by Crippen LogP contribution is -2.23. The predicted octanol–water partition coefficient (Wildman–Crippen LogP) is 2.32. The largest absolute Gasteiger partial charge is 0.272 e. The molecule has 4 heteroatoms. The Kier molecular flexibility index (Phi) is 2.44. The second kappa shape index (κ2) is 3.59. The zero-order valence-electron chi connectivity index (χ0n) is 7.79. The molecule has 0 unspecified atom stereocenters. The molecule has 0 aliphatic carbocycles. The molecular weight excluding hydrogens is 202 g/mol. The molecule has 0 bridgehead atoms. The van der Waals surface area contributed by atoms with Gasteiger partial charge >= 0.3 is 0 Å². The lowest BCUT2D eigenvalue weighted by molar-refractivity contribution is -0.119. The third-order valence-electron chi connectivity index (χ3n) is 2.15. The number of carbonyl (C=O) groups is 1. The maximum absolute atomic E-state index is 11.4. The van der Waals surface area contributed by atoms with Crippen molar-refractivity contribution in [1.82, 2.24) is 0 Å². The van der Waals surface area contributed by atoms with Gasteiger partial charge in [0.1, 0.15) is 0 Å². The number of hydrogen-bond acceptors (Lipinski definition) is 2. The van der Waals surface area contributed by atoms with Gasteiger partial charge in [0.25, 0.3) is 5.91 Å². The summed E-state index contributed by atoms with van der Waals surface area (Å²) in [7, 11) is 0. The number of amides is 1. The van der Waals surface area contributed by atoms with Crippen LogP contribution in [0.3, 0.4) is 0 Å². The number of benzene rings is 1. The van der Waals surface area contributed by atoms with Gasteiger partial charge < -0.3 is 0 Å². The highest BCUT2D eigenvalue weighted by Gasteiger charge is 2.26. The summed E-state index contributed by atoms with van der Waals surface area (Å²) >= 11 is 6.00. The second-order valence-corrected chi connectivity index (χ2v) is 3.58. The molecule has 1 aliphatic heterocycles. The maximum Gasteiger partial charge on any atom is 0.253 e. The number of aryl methyl sites for hydroxylation is 1. The van der Waals surface area contributed by atoms with Crippen LogP contribution in [0.15, 0.2) is 18.2 Å². The van der Waals surface area contributed by atoms with E-state index in [0.29, 0.717) is 23.7 Å². The molecule has 14 heavy (non-hydrogen) atoms. The first-order valence-corrected chi connectivity index (χ1v) is 4.79. The van der Waals surface area contributed by atoms with Crippen LogP contribution in [-0.4, -0.2) is 12.5 Å². The summed E-state index contributed by atoms with van der Waals surface area (Å²) in [4.78, 5) is 16.6. The van der Waals surface area contributed by atoms with Crippen LogP contribution in [0, 0.1) is 6.92 Å². The van der Waals surface area contributed by atoms with E-state index in [4.69, 9.17) is 16.4 Å². The lowest BCUT2D eigenvalue weighted by atomic mass is 10.2. The Hall–Kier alpha value is -1.06. The highest BCUT2D eigenvalue weighted by Crippen LogP contribution is 2.31. The van der Waals surface area contributed by atoms with Crippen LogP contribution in [0.1, 0.15) is 12.0 Å². The number of hydroxylamine groups is 1. The fourth-order valence-corrected chi connectivity index (χ4v) is 1.77. The molecule has 1 aliphatic rings. The van der Waals surface area contributed by atoms with Crippen molar-refractivity contribution in [3.8, 4) is 0 Å². The molecular formula is C10H10ClNO2. The Bertz CT molecular complexity index is 358. The normalized spacial score (nSPS) is 16.4. The van der Waals surface area contributed by atoms with Gasteiger partial charge in [-0.1, -0.05) is 23.7 Å². The third kappa shape index (κ3) is 1.49. The molecule has 3 nitrogen and oxygen atoms in total.